The topological polar surface area (TPSA) is 111 Å². The predicted molar refractivity (Wildman–Crippen MR) is 141 cm³/mol. The molecule has 0 radical (unpaired) electrons. The number of nitrogens with one attached hydrogen (secondary N) is 1. The lowest BCUT2D eigenvalue weighted by Gasteiger charge is -2.44. The molecule has 200 valence electrons. The molecule has 1 aromatic carbocycles. The number of nitrogens with two attached hydrogens (primary N) is 1. The van der Waals surface area contributed by atoms with Crippen molar-refractivity contribution in [3.63, 3.8) is 0 Å². The second kappa shape index (κ2) is 10.4. The van der Waals surface area contributed by atoms with E-state index in [1.54, 1.807) is 37.6 Å². The van der Waals surface area contributed by atoms with Gasteiger partial charge in [0.15, 0.2) is 0 Å². The van der Waals surface area contributed by atoms with Crippen LogP contribution in [0.5, 0.6) is 0 Å². The standard InChI is InChI=1S/C28H32F2N6O2/c1-4-38-15-17-10-21(29)26(22(30)11-17)23-6-5-19-13-33-27(36(19)35-23)34-24-14-32-8-7-20(24)18-9-16(2)28(3,37)25(31)12-18/h5-8,10-11,13-14,16,18,25,37H,4,9,12,15,31H2,1-3H3,(H,33,34)/t16-,18?,25+,28+/m0/s1. The van der Waals surface area contributed by atoms with Gasteiger partial charge in [-0.05, 0) is 80.0 Å². The van der Waals surface area contributed by atoms with Crippen molar-refractivity contribution in [3.8, 4) is 11.3 Å². The van der Waals surface area contributed by atoms with Crippen LogP contribution >= 0.6 is 0 Å². The summed E-state index contributed by atoms with van der Waals surface area (Å²) < 4.78 is 36.7. The number of rotatable bonds is 7. The van der Waals surface area contributed by atoms with Crippen molar-refractivity contribution < 1.29 is 18.6 Å². The van der Waals surface area contributed by atoms with Crippen LogP contribution in [0.3, 0.4) is 0 Å². The Balaban J connectivity index is 1.47. The van der Waals surface area contributed by atoms with E-state index in [0.717, 1.165) is 17.7 Å². The van der Waals surface area contributed by atoms with Crippen molar-refractivity contribution in [2.75, 3.05) is 11.9 Å². The molecular weight excluding hydrogens is 490 g/mol. The molecule has 0 aliphatic heterocycles. The van der Waals surface area contributed by atoms with Gasteiger partial charge in [-0.25, -0.2) is 13.8 Å². The van der Waals surface area contributed by atoms with Gasteiger partial charge in [0.25, 0.3) is 0 Å². The molecule has 1 fully saturated rings. The second-order valence-electron chi connectivity index (χ2n) is 10.2. The molecule has 4 N–H and O–H groups in total. The molecule has 1 aliphatic carbocycles. The van der Waals surface area contributed by atoms with E-state index >= 15 is 0 Å². The van der Waals surface area contributed by atoms with Gasteiger partial charge < -0.3 is 20.9 Å². The fourth-order valence-corrected chi connectivity index (χ4v) is 5.19. The van der Waals surface area contributed by atoms with E-state index in [-0.39, 0.29) is 35.7 Å². The number of hydrogen-bond donors (Lipinski definition) is 3. The number of aromatic nitrogens is 4. The van der Waals surface area contributed by atoms with E-state index < -0.39 is 17.2 Å². The minimum atomic E-state index is -0.928. The lowest BCUT2D eigenvalue weighted by Crippen LogP contribution is -2.54. The Kier molecular flexibility index (Phi) is 7.13. The number of halogens is 2. The molecule has 0 spiro atoms. The first-order valence-corrected chi connectivity index (χ1v) is 12.8. The smallest absolute Gasteiger partial charge is 0.229 e. The molecule has 8 nitrogen and oxygen atoms in total. The highest BCUT2D eigenvalue weighted by atomic mass is 19.1. The number of fused-ring (bicyclic) bond motifs is 1. The summed E-state index contributed by atoms with van der Waals surface area (Å²) in [6, 6.07) is 7.39. The Bertz CT molecular complexity index is 1420. The number of hydrogen-bond acceptors (Lipinski definition) is 7. The SMILES string of the molecule is CCOCc1cc(F)c(-c2ccc3cnc(Nc4cnccc4C4C[C@@H](N)[C@](C)(O)[C@@H](C)C4)n3n2)c(F)c1. The Morgan fingerprint density at radius 1 is 1.18 bits per heavy atom. The largest absolute Gasteiger partial charge is 0.388 e. The van der Waals surface area contributed by atoms with Gasteiger partial charge >= 0.3 is 0 Å². The van der Waals surface area contributed by atoms with Crippen LogP contribution in [-0.4, -0.2) is 42.9 Å². The number of pyridine rings is 1. The predicted octanol–water partition coefficient (Wildman–Crippen LogP) is 4.94. The Morgan fingerprint density at radius 2 is 1.95 bits per heavy atom. The maximum absolute atomic E-state index is 15.0. The maximum atomic E-state index is 15.0. The summed E-state index contributed by atoms with van der Waals surface area (Å²) >= 11 is 0. The van der Waals surface area contributed by atoms with Crippen molar-refractivity contribution >= 4 is 17.2 Å². The molecule has 0 saturated heterocycles. The normalized spacial score (nSPS) is 23.6. The number of imidazole rings is 1. The fourth-order valence-electron chi connectivity index (χ4n) is 5.19. The molecule has 4 aromatic rings. The third kappa shape index (κ3) is 4.87. The molecule has 3 aromatic heterocycles. The first-order valence-electron chi connectivity index (χ1n) is 12.8. The van der Waals surface area contributed by atoms with Gasteiger partial charge in [-0.15, -0.1) is 0 Å². The number of benzene rings is 1. The summed E-state index contributed by atoms with van der Waals surface area (Å²) in [4.78, 5) is 8.73. The lowest BCUT2D eigenvalue weighted by molar-refractivity contribution is -0.0463. The molecule has 1 aliphatic rings. The van der Waals surface area contributed by atoms with Gasteiger partial charge in [0.05, 0.1) is 47.1 Å². The highest BCUT2D eigenvalue weighted by molar-refractivity contribution is 5.66. The van der Waals surface area contributed by atoms with Gasteiger partial charge in [-0.2, -0.15) is 9.61 Å². The molecule has 1 saturated carbocycles. The van der Waals surface area contributed by atoms with E-state index in [2.05, 4.69) is 20.4 Å². The summed E-state index contributed by atoms with van der Waals surface area (Å²) in [5, 5.41) is 18.6. The Morgan fingerprint density at radius 3 is 2.66 bits per heavy atom. The number of ether oxygens (including phenoxy) is 1. The third-order valence-corrected chi connectivity index (χ3v) is 7.68. The van der Waals surface area contributed by atoms with E-state index in [9.17, 15) is 13.9 Å². The van der Waals surface area contributed by atoms with Crippen LogP contribution in [0, 0.1) is 17.6 Å². The highest BCUT2D eigenvalue weighted by Crippen LogP contribution is 2.43. The molecule has 10 heteroatoms. The lowest BCUT2D eigenvalue weighted by atomic mass is 9.68. The first-order chi connectivity index (χ1) is 18.2. The van der Waals surface area contributed by atoms with Crippen LogP contribution in [0.1, 0.15) is 50.7 Å². The van der Waals surface area contributed by atoms with Crippen molar-refractivity contribution in [1.29, 1.82) is 0 Å². The minimum Gasteiger partial charge on any atom is -0.388 e. The van der Waals surface area contributed by atoms with Crippen molar-refractivity contribution in [2.45, 2.75) is 57.8 Å². The number of nitrogens with zero attached hydrogens (tertiary/aromatic N) is 4. The molecule has 5 rings (SSSR count). The van der Waals surface area contributed by atoms with Crippen LogP contribution in [0.25, 0.3) is 16.8 Å². The van der Waals surface area contributed by atoms with Crippen LogP contribution in [-0.2, 0) is 11.3 Å². The fraction of sp³-hybridized carbons (Fsp3) is 0.393. The van der Waals surface area contributed by atoms with Gasteiger partial charge in [-0.3, -0.25) is 4.98 Å². The molecular formula is C28H32F2N6O2. The zero-order chi connectivity index (χ0) is 27.0. The van der Waals surface area contributed by atoms with Crippen LogP contribution in [0.4, 0.5) is 20.4 Å². The summed E-state index contributed by atoms with van der Waals surface area (Å²) in [6.07, 6.45) is 6.45. The van der Waals surface area contributed by atoms with Gasteiger partial charge in [-0.1, -0.05) is 6.92 Å². The summed E-state index contributed by atoms with van der Waals surface area (Å²) in [5.41, 5.74) is 8.14. The first kappa shape index (κ1) is 26.1. The second-order valence-corrected chi connectivity index (χ2v) is 10.2. The molecule has 1 unspecified atom stereocenters. The molecule has 0 amide bonds. The van der Waals surface area contributed by atoms with E-state index in [4.69, 9.17) is 10.5 Å². The third-order valence-electron chi connectivity index (χ3n) is 7.68. The minimum absolute atomic E-state index is 0.0125. The summed E-state index contributed by atoms with van der Waals surface area (Å²) in [5.74, 6) is -0.925. The zero-order valence-corrected chi connectivity index (χ0v) is 21.7. The highest BCUT2D eigenvalue weighted by Gasteiger charge is 2.42. The summed E-state index contributed by atoms with van der Waals surface area (Å²) in [6.45, 7) is 6.20. The quantitative estimate of drug-likeness (QED) is 0.315. The maximum Gasteiger partial charge on any atom is 0.229 e. The van der Waals surface area contributed by atoms with Crippen LogP contribution in [0.2, 0.25) is 0 Å². The zero-order valence-electron chi connectivity index (χ0n) is 21.7. The van der Waals surface area contributed by atoms with Gasteiger partial charge in [0.1, 0.15) is 11.6 Å². The average Bonchev–Trinajstić information content (AvgIpc) is 3.28. The van der Waals surface area contributed by atoms with Crippen LogP contribution < -0.4 is 11.1 Å². The Hall–Kier alpha value is -3.47. The van der Waals surface area contributed by atoms with E-state index in [1.807, 2.05) is 19.9 Å². The van der Waals surface area contributed by atoms with Gasteiger partial charge in [0, 0.05) is 18.8 Å². The molecule has 0 bridgehead atoms. The average molecular weight is 523 g/mol. The number of anilines is 2. The number of aliphatic hydroxyl groups is 1. The molecule has 38 heavy (non-hydrogen) atoms. The Labute approximate surface area is 219 Å². The summed E-state index contributed by atoms with van der Waals surface area (Å²) in [7, 11) is 0. The molecule has 4 atom stereocenters. The van der Waals surface area contributed by atoms with Crippen molar-refractivity contribution in [3.05, 3.63) is 71.7 Å². The van der Waals surface area contributed by atoms with Crippen molar-refractivity contribution in [1.82, 2.24) is 19.6 Å². The molecule has 3 heterocycles. The monoisotopic (exact) mass is 522 g/mol. The van der Waals surface area contributed by atoms with E-state index in [1.165, 1.54) is 16.6 Å². The van der Waals surface area contributed by atoms with Crippen molar-refractivity contribution in [2.24, 2.45) is 11.7 Å². The van der Waals surface area contributed by atoms with E-state index in [0.29, 0.717) is 30.1 Å². The van der Waals surface area contributed by atoms with Gasteiger partial charge in [0.2, 0.25) is 5.95 Å². The van der Waals surface area contributed by atoms with Crippen LogP contribution in [0.15, 0.2) is 48.9 Å².